The van der Waals surface area contributed by atoms with Gasteiger partial charge in [0.05, 0.1) is 18.3 Å². The largest absolute Gasteiger partial charge is 0.508 e. The zero-order valence-corrected chi connectivity index (χ0v) is 15.9. The topological polar surface area (TPSA) is 118 Å². The summed E-state index contributed by atoms with van der Waals surface area (Å²) in [6.07, 6.45) is 0.538. The van der Waals surface area contributed by atoms with Crippen LogP contribution >= 0.6 is 0 Å². The molecule has 1 aromatic heterocycles. The zero-order valence-electron chi connectivity index (χ0n) is 15.9. The normalized spacial score (nSPS) is 10.6. The fourth-order valence-corrected chi connectivity index (χ4v) is 2.74. The van der Waals surface area contributed by atoms with Crippen LogP contribution in [-0.2, 0) is 0 Å². The number of aromatic hydroxyl groups is 1. The molecule has 0 saturated carbocycles. The molecule has 0 aliphatic carbocycles. The highest BCUT2D eigenvalue weighted by Crippen LogP contribution is 2.29. The zero-order chi connectivity index (χ0) is 21.3. The summed E-state index contributed by atoms with van der Waals surface area (Å²) in [6.45, 7) is 0. The van der Waals surface area contributed by atoms with E-state index >= 15 is 0 Å². The van der Waals surface area contributed by atoms with Gasteiger partial charge in [-0.2, -0.15) is 0 Å². The van der Waals surface area contributed by atoms with Crippen molar-refractivity contribution in [1.82, 2.24) is 9.47 Å². The molecule has 0 radical (unpaired) electrons. The van der Waals surface area contributed by atoms with E-state index in [1.54, 1.807) is 6.07 Å². The number of phenolic OH excluding ortho intramolecular Hbond substituents is 1. The number of amides is 1. The molecule has 1 heterocycles. The second-order valence-electron chi connectivity index (χ2n) is 6.38. The standard InChI is InChI=1S/C20H18N2O7/c1-21(2)20(27)29-14-7-11(6-13(9-14)28-3)22-10-16(19(25)26)18(24)15-5-4-12(23)8-17(15)22/h4-10,23H,1-3H3,(H,25,26). The molecule has 29 heavy (non-hydrogen) atoms. The number of aromatic nitrogens is 1. The van der Waals surface area contributed by atoms with E-state index in [0.717, 1.165) is 6.20 Å². The smallest absolute Gasteiger partial charge is 0.414 e. The lowest BCUT2D eigenvalue weighted by atomic mass is 10.1. The van der Waals surface area contributed by atoms with Gasteiger partial charge in [-0.15, -0.1) is 0 Å². The average Bonchev–Trinajstić information content (AvgIpc) is 2.67. The SMILES string of the molecule is COc1cc(OC(=O)N(C)C)cc(-n2cc(C(=O)O)c(=O)c3ccc(O)cc32)c1. The van der Waals surface area contributed by atoms with Crippen molar-refractivity contribution in [2.75, 3.05) is 21.2 Å². The second kappa shape index (κ2) is 7.55. The van der Waals surface area contributed by atoms with Crippen LogP contribution < -0.4 is 14.9 Å². The quantitative estimate of drug-likeness (QED) is 0.693. The summed E-state index contributed by atoms with van der Waals surface area (Å²) < 4.78 is 11.9. The molecule has 150 valence electrons. The van der Waals surface area contributed by atoms with Crippen LogP contribution in [0.1, 0.15) is 10.4 Å². The number of carbonyl (C=O) groups excluding carboxylic acids is 1. The Morgan fingerprint density at radius 3 is 2.38 bits per heavy atom. The monoisotopic (exact) mass is 398 g/mol. The maximum atomic E-state index is 12.5. The fourth-order valence-electron chi connectivity index (χ4n) is 2.74. The first kappa shape index (κ1) is 19.7. The number of ether oxygens (including phenoxy) is 2. The third-order valence-electron chi connectivity index (χ3n) is 4.17. The molecule has 0 fully saturated rings. The Kier molecular flexibility index (Phi) is 5.14. The average molecular weight is 398 g/mol. The van der Waals surface area contributed by atoms with E-state index in [1.807, 2.05) is 0 Å². The van der Waals surface area contributed by atoms with Crippen LogP contribution in [0.5, 0.6) is 17.2 Å². The van der Waals surface area contributed by atoms with Gasteiger partial charge in [0.2, 0.25) is 5.43 Å². The lowest BCUT2D eigenvalue weighted by Crippen LogP contribution is -2.25. The van der Waals surface area contributed by atoms with Gasteiger partial charge >= 0.3 is 12.1 Å². The molecular formula is C20H18N2O7. The Morgan fingerprint density at radius 2 is 1.76 bits per heavy atom. The van der Waals surface area contributed by atoms with Crippen molar-refractivity contribution >= 4 is 23.0 Å². The van der Waals surface area contributed by atoms with Crippen molar-refractivity contribution in [2.24, 2.45) is 0 Å². The van der Waals surface area contributed by atoms with E-state index in [4.69, 9.17) is 9.47 Å². The Labute approximate surface area is 164 Å². The van der Waals surface area contributed by atoms with Gasteiger partial charge in [-0.25, -0.2) is 9.59 Å². The van der Waals surface area contributed by atoms with Crippen LogP contribution in [-0.4, -0.2) is 52.9 Å². The van der Waals surface area contributed by atoms with Gasteiger partial charge in [0.25, 0.3) is 0 Å². The van der Waals surface area contributed by atoms with Crippen LogP contribution in [0.25, 0.3) is 16.6 Å². The van der Waals surface area contributed by atoms with Gasteiger partial charge < -0.3 is 29.2 Å². The Hall–Kier alpha value is -4.01. The van der Waals surface area contributed by atoms with Crippen LogP contribution in [0, 0.1) is 0 Å². The van der Waals surface area contributed by atoms with Crippen molar-refractivity contribution in [3.63, 3.8) is 0 Å². The summed E-state index contributed by atoms with van der Waals surface area (Å²) in [7, 11) is 4.48. The van der Waals surface area contributed by atoms with Crippen molar-refractivity contribution in [2.45, 2.75) is 0 Å². The highest BCUT2D eigenvalue weighted by Gasteiger charge is 2.17. The number of pyridine rings is 1. The predicted octanol–water partition coefficient (Wildman–Crippen LogP) is 2.46. The molecule has 9 heteroatoms. The van der Waals surface area contributed by atoms with E-state index < -0.39 is 23.1 Å². The summed E-state index contributed by atoms with van der Waals surface area (Å²) in [5.74, 6) is -0.994. The minimum atomic E-state index is -1.39. The van der Waals surface area contributed by atoms with E-state index in [9.17, 15) is 24.6 Å². The lowest BCUT2D eigenvalue weighted by Gasteiger charge is -2.16. The molecule has 9 nitrogen and oxygen atoms in total. The molecule has 3 aromatic rings. The van der Waals surface area contributed by atoms with E-state index in [2.05, 4.69) is 0 Å². The van der Waals surface area contributed by atoms with Crippen molar-refractivity contribution in [3.05, 3.63) is 58.4 Å². The van der Waals surface area contributed by atoms with Crippen LogP contribution in [0.15, 0.2) is 47.4 Å². The second-order valence-corrected chi connectivity index (χ2v) is 6.38. The van der Waals surface area contributed by atoms with E-state index in [1.165, 1.54) is 61.0 Å². The van der Waals surface area contributed by atoms with Crippen molar-refractivity contribution in [3.8, 4) is 22.9 Å². The number of carbonyl (C=O) groups is 2. The maximum absolute atomic E-state index is 12.5. The Morgan fingerprint density at radius 1 is 1.07 bits per heavy atom. The lowest BCUT2D eigenvalue weighted by molar-refractivity contribution is 0.0695. The number of nitrogens with zero attached hydrogens (tertiary/aromatic N) is 2. The summed E-state index contributed by atoms with van der Waals surface area (Å²) >= 11 is 0. The molecular weight excluding hydrogens is 380 g/mol. The first-order valence-electron chi connectivity index (χ1n) is 8.41. The van der Waals surface area contributed by atoms with Gasteiger partial charge in [0.15, 0.2) is 0 Å². The van der Waals surface area contributed by atoms with Crippen LogP contribution in [0.4, 0.5) is 4.79 Å². The summed E-state index contributed by atoms with van der Waals surface area (Å²) in [5.41, 5.74) is -0.481. The fraction of sp³-hybridized carbons (Fsp3) is 0.150. The summed E-state index contributed by atoms with van der Waals surface area (Å²) in [4.78, 5) is 37.2. The highest BCUT2D eigenvalue weighted by atomic mass is 16.6. The number of hydrogen-bond acceptors (Lipinski definition) is 6. The third kappa shape index (κ3) is 3.84. The molecule has 0 bridgehead atoms. The molecule has 1 amide bonds. The number of benzene rings is 2. The van der Waals surface area contributed by atoms with Crippen molar-refractivity contribution < 1.29 is 29.3 Å². The van der Waals surface area contributed by atoms with Gasteiger partial charge in [0, 0.05) is 49.9 Å². The van der Waals surface area contributed by atoms with Gasteiger partial charge in [-0.05, 0) is 12.1 Å². The molecule has 0 aliphatic rings. The number of methoxy groups -OCH3 is 1. The molecule has 0 spiro atoms. The molecule has 3 rings (SSSR count). The molecule has 0 atom stereocenters. The number of phenols is 1. The van der Waals surface area contributed by atoms with Gasteiger partial charge in [0.1, 0.15) is 22.8 Å². The number of aromatic carboxylic acids is 1. The van der Waals surface area contributed by atoms with Crippen LogP contribution in [0.2, 0.25) is 0 Å². The minimum absolute atomic E-state index is 0.101. The van der Waals surface area contributed by atoms with Gasteiger partial charge in [-0.3, -0.25) is 4.79 Å². The first-order chi connectivity index (χ1) is 13.7. The number of hydrogen-bond donors (Lipinski definition) is 2. The highest BCUT2D eigenvalue weighted by molar-refractivity contribution is 5.93. The number of rotatable bonds is 4. The Balaban J connectivity index is 2.30. The van der Waals surface area contributed by atoms with E-state index in [-0.39, 0.29) is 22.4 Å². The van der Waals surface area contributed by atoms with Gasteiger partial charge in [-0.1, -0.05) is 0 Å². The molecule has 0 unspecified atom stereocenters. The van der Waals surface area contributed by atoms with E-state index in [0.29, 0.717) is 11.4 Å². The summed E-state index contributed by atoms with van der Waals surface area (Å²) in [6, 6.07) is 8.55. The number of carboxylic acid groups (broad SMARTS) is 1. The Bertz CT molecular complexity index is 1180. The maximum Gasteiger partial charge on any atom is 0.414 e. The predicted molar refractivity (Wildman–Crippen MR) is 104 cm³/mol. The van der Waals surface area contributed by atoms with Crippen molar-refractivity contribution in [1.29, 1.82) is 0 Å². The number of carboxylic acids is 1. The molecule has 2 aromatic carbocycles. The summed E-state index contributed by atoms with van der Waals surface area (Å²) in [5, 5.41) is 19.4. The number of fused-ring (bicyclic) bond motifs is 1. The third-order valence-corrected chi connectivity index (χ3v) is 4.17. The minimum Gasteiger partial charge on any atom is -0.508 e. The van der Waals surface area contributed by atoms with Crippen LogP contribution in [0.3, 0.4) is 0 Å². The molecule has 0 saturated heterocycles. The first-order valence-corrected chi connectivity index (χ1v) is 8.41. The molecule has 0 aliphatic heterocycles. The molecule has 2 N–H and O–H groups in total.